The molecule has 4 rings (SSSR count). The van der Waals surface area contributed by atoms with E-state index in [0.29, 0.717) is 0 Å². The molecule has 3 N–H and O–H groups in total. The van der Waals surface area contributed by atoms with Gasteiger partial charge in [0.1, 0.15) is 23.0 Å². The molecule has 0 aliphatic heterocycles. The summed E-state index contributed by atoms with van der Waals surface area (Å²) in [7, 11) is 0. The van der Waals surface area contributed by atoms with E-state index >= 15 is 0 Å². The Hall–Kier alpha value is -1.98. The van der Waals surface area contributed by atoms with Crippen LogP contribution < -0.4 is 0 Å². The van der Waals surface area contributed by atoms with Crippen LogP contribution in [0.5, 0.6) is 5.75 Å². The highest BCUT2D eigenvalue weighted by Gasteiger charge is 2.56. The molecule has 27 heavy (non-hydrogen) atoms. The van der Waals surface area contributed by atoms with Gasteiger partial charge in [-0.05, 0) is 73.4 Å². The van der Waals surface area contributed by atoms with Crippen molar-refractivity contribution < 1.29 is 24.1 Å². The SMILES string of the molecule is CCC12CC(O)C(O)(c3c(F)cccc3F)C[C@H]1CCc1cc(O)ccc12. The van der Waals surface area contributed by atoms with Gasteiger partial charge in [-0.25, -0.2) is 8.78 Å². The topological polar surface area (TPSA) is 60.7 Å². The normalized spacial score (nSPS) is 32.6. The maximum Gasteiger partial charge on any atom is 0.132 e. The van der Waals surface area contributed by atoms with E-state index in [9.17, 15) is 24.1 Å². The highest BCUT2D eigenvalue weighted by Crippen LogP contribution is 2.57. The lowest BCUT2D eigenvalue weighted by Crippen LogP contribution is -2.56. The van der Waals surface area contributed by atoms with Gasteiger partial charge in [0.25, 0.3) is 0 Å². The van der Waals surface area contributed by atoms with E-state index in [1.165, 1.54) is 6.07 Å². The van der Waals surface area contributed by atoms with Crippen molar-refractivity contribution in [1.82, 2.24) is 0 Å². The average Bonchev–Trinajstić information content (AvgIpc) is 2.62. The van der Waals surface area contributed by atoms with Crippen molar-refractivity contribution in [2.24, 2.45) is 5.92 Å². The minimum atomic E-state index is -1.95. The summed E-state index contributed by atoms with van der Waals surface area (Å²) in [4.78, 5) is 0. The van der Waals surface area contributed by atoms with E-state index in [1.807, 2.05) is 13.0 Å². The number of hydrogen-bond donors (Lipinski definition) is 3. The number of aliphatic hydroxyl groups is 2. The van der Waals surface area contributed by atoms with Crippen LogP contribution in [0.25, 0.3) is 0 Å². The molecule has 0 bridgehead atoms. The quantitative estimate of drug-likeness (QED) is 0.747. The maximum atomic E-state index is 14.4. The van der Waals surface area contributed by atoms with Crippen molar-refractivity contribution in [1.29, 1.82) is 0 Å². The maximum absolute atomic E-state index is 14.4. The van der Waals surface area contributed by atoms with Gasteiger partial charge < -0.3 is 15.3 Å². The molecule has 3 nitrogen and oxygen atoms in total. The molecular weight excluding hydrogens is 350 g/mol. The minimum Gasteiger partial charge on any atom is -0.508 e. The smallest absolute Gasteiger partial charge is 0.132 e. The van der Waals surface area contributed by atoms with Gasteiger partial charge in [0.15, 0.2) is 0 Å². The van der Waals surface area contributed by atoms with Gasteiger partial charge in [0.2, 0.25) is 0 Å². The van der Waals surface area contributed by atoms with Crippen molar-refractivity contribution in [3.63, 3.8) is 0 Å². The molecule has 3 unspecified atom stereocenters. The molecule has 1 saturated carbocycles. The van der Waals surface area contributed by atoms with Crippen LogP contribution in [0.4, 0.5) is 8.78 Å². The van der Waals surface area contributed by atoms with Crippen LogP contribution in [-0.4, -0.2) is 21.4 Å². The van der Waals surface area contributed by atoms with Gasteiger partial charge in [-0.3, -0.25) is 0 Å². The van der Waals surface area contributed by atoms with Gasteiger partial charge >= 0.3 is 0 Å². The van der Waals surface area contributed by atoms with Crippen LogP contribution in [0, 0.1) is 17.6 Å². The second-order valence-corrected chi connectivity index (χ2v) is 8.03. The molecule has 0 radical (unpaired) electrons. The summed E-state index contributed by atoms with van der Waals surface area (Å²) in [6, 6.07) is 8.77. The van der Waals surface area contributed by atoms with Crippen LogP contribution in [0.3, 0.4) is 0 Å². The second kappa shape index (κ2) is 6.28. The molecule has 5 heteroatoms. The van der Waals surface area contributed by atoms with Crippen LogP contribution in [0.15, 0.2) is 36.4 Å². The number of aliphatic hydroxyl groups excluding tert-OH is 1. The zero-order valence-corrected chi connectivity index (χ0v) is 15.3. The fourth-order valence-electron chi connectivity index (χ4n) is 5.50. The lowest BCUT2D eigenvalue weighted by molar-refractivity contribution is -0.149. The summed E-state index contributed by atoms with van der Waals surface area (Å²) >= 11 is 0. The van der Waals surface area contributed by atoms with Crippen molar-refractivity contribution in [2.45, 2.75) is 56.1 Å². The predicted molar refractivity (Wildman–Crippen MR) is 97.4 cm³/mol. The Kier molecular flexibility index (Phi) is 4.28. The molecule has 0 saturated heterocycles. The summed E-state index contributed by atoms with van der Waals surface area (Å²) in [5.41, 5.74) is -0.655. The van der Waals surface area contributed by atoms with Crippen molar-refractivity contribution in [2.75, 3.05) is 0 Å². The number of benzene rings is 2. The first-order valence-electron chi connectivity index (χ1n) is 9.49. The van der Waals surface area contributed by atoms with E-state index in [1.54, 1.807) is 12.1 Å². The standard InChI is InChI=1S/C22H24F2O3/c1-2-21-12-19(26)22(27,20-17(23)4-3-5-18(20)24)11-14(21)7-6-13-10-15(25)8-9-16(13)21/h3-5,8-10,14,19,25-27H,2,6-7,11-12H2,1H3/t14-,19?,21?,22?/m1/s1. The first-order valence-corrected chi connectivity index (χ1v) is 9.49. The Morgan fingerprint density at radius 1 is 1.11 bits per heavy atom. The summed E-state index contributed by atoms with van der Waals surface area (Å²) in [5, 5.41) is 32.0. The zero-order chi connectivity index (χ0) is 19.4. The number of fused-ring (bicyclic) bond motifs is 3. The number of phenolic OH excluding ortho intramolecular Hbond substituents is 1. The number of phenols is 1. The third-order valence-corrected chi connectivity index (χ3v) is 6.86. The highest BCUT2D eigenvalue weighted by atomic mass is 19.1. The molecule has 2 aromatic rings. The molecule has 4 atom stereocenters. The summed E-state index contributed by atoms with van der Waals surface area (Å²) < 4.78 is 28.8. The molecule has 1 fully saturated rings. The Morgan fingerprint density at radius 3 is 2.48 bits per heavy atom. The van der Waals surface area contributed by atoms with Crippen molar-refractivity contribution in [3.8, 4) is 5.75 Å². The third kappa shape index (κ3) is 2.59. The highest BCUT2D eigenvalue weighted by molar-refractivity contribution is 5.44. The Bertz CT molecular complexity index is 864. The Balaban J connectivity index is 1.81. The zero-order valence-electron chi connectivity index (χ0n) is 15.3. The van der Waals surface area contributed by atoms with Gasteiger partial charge in [0, 0.05) is 5.41 Å². The average molecular weight is 374 g/mol. The minimum absolute atomic E-state index is 0.0213. The van der Waals surface area contributed by atoms with Crippen LogP contribution in [0.1, 0.15) is 49.3 Å². The monoisotopic (exact) mass is 374 g/mol. The molecule has 2 aliphatic rings. The molecule has 2 aromatic carbocycles. The van der Waals surface area contributed by atoms with E-state index in [4.69, 9.17) is 0 Å². The second-order valence-electron chi connectivity index (χ2n) is 8.03. The first kappa shape index (κ1) is 18.4. The molecule has 0 amide bonds. The number of halogens is 2. The van der Waals surface area contributed by atoms with E-state index in [-0.39, 0.29) is 29.9 Å². The number of aryl methyl sites for hydroxylation is 1. The van der Waals surface area contributed by atoms with Crippen molar-refractivity contribution >= 4 is 0 Å². The lowest BCUT2D eigenvalue weighted by Gasteiger charge is -2.55. The van der Waals surface area contributed by atoms with E-state index in [0.717, 1.165) is 42.5 Å². The van der Waals surface area contributed by atoms with Gasteiger partial charge in [-0.2, -0.15) is 0 Å². The number of aromatic hydroxyl groups is 1. The molecule has 144 valence electrons. The van der Waals surface area contributed by atoms with Crippen LogP contribution >= 0.6 is 0 Å². The van der Waals surface area contributed by atoms with E-state index < -0.39 is 28.9 Å². The fraction of sp³-hybridized carbons (Fsp3) is 0.455. The number of rotatable bonds is 2. The van der Waals surface area contributed by atoms with Gasteiger partial charge in [0.05, 0.1) is 11.7 Å². The summed E-state index contributed by atoms with van der Waals surface area (Å²) in [5.74, 6) is -1.48. The Morgan fingerprint density at radius 2 is 1.81 bits per heavy atom. The summed E-state index contributed by atoms with van der Waals surface area (Å²) in [6.45, 7) is 2.04. The number of hydrogen-bond acceptors (Lipinski definition) is 3. The van der Waals surface area contributed by atoms with Crippen LogP contribution in [0.2, 0.25) is 0 Å². The van der Waals surface area contributed by atoms with Crippen molar-refractivity contribution in [3.05, 3.63) is 64.7 Å². The molecule has 0 heterocycles. The molecule has 0 spiro atoms. The fourth-order valence-corrected chi connectivity index (χ4v) is 5.50. The molecule has 0 aromatic heterocycles. The third-order valence-electron chi connectivity index (χ3n) is 6.86. The van der Waals surface area contributed by atoms with E-state index in [2.05, 4.69) is 0 Å². The molecule has 2 aliphatic carbocycles. The van der Waals surface area contributed by atoms with Crippen LogP contribution in [-0.2, 0) is 17.4 Å². The molecular formula is C22H24F2O3. The Labute approximate surface area is 157 Å². The summed E-state index contributed by atoms with van der Waals surface area (Å²) in [6.07, 6.45) is 1.22. The van der Waals surface area contributed by atoms with Gasteiger partial charge in [-0.15, -0.1) is 0 Å². The largest absolute Gasteiger partial charge is 0.508 e. The predicted octanol–water partition coefficient (Wildman–Crippen LogP) is 3.92. The lowest BCUT2D eigenvalue weighted by atomic mass is 9.52. The van der Waals surface area contributed by atoms with Gasteiger partial charge in [-0.1, -0.05) is 19.1 Å². The first-order chi connectivity index (χ1) is 12.8.